The molecule has 2 atom stereocenters. The Balaban J connectivity index is 1.72. The number of hydrogen-bond acceptors (Lipinski definition) is 3. The molecule has 6 nitrogen and oxygen atoms in total. The van der Waals surface area contributed by atoms with Gasteiger partial charge in [-0.15, -0.1) is 0 Å². The van der Waals surface area contributed by atoms with Crippen molar-refractivity contribution in [2.24, 2.45) is 5.92 Å². The summed E-state index contributed by atoms with van der Waals surface area (Å²) < 4.78 is 0. The third kappa shape index (κ3) is 6.01. The number of piperidine rings is 1. The lowest BCUT2D eigenvalue weighted by atomic mass is 9.87. The summed E-state index contributed by atoms with van der Waals surface area (Å²) in [6, 6.07) is 14.4. The second kappa shape index (κ2) is 11.1. The topological polar surface area (TPSA) is 78.5 Å². The van der Waals surface area contributed by atoms with Gasteiger partial charge in [0.2, 0.25) is 5.91 Å². The Kier molecular flexibility index (Phi) is 8.26. The molecule has 3 amide bonds. The molecule has 0 bridgehead atoms. The lowest BCUT2D eigenvalue weighted by molar-refractivity contribution is -0.125. The van der Waals surface area contributed by atoms with Crippen LogP contribution in [0.25, 0.3) is 0 Å². The van der Waals surface area contributed by atoms with E-state index in [1.54, 1.807) is 6.07 Å². The second-order valence-electron chi connectivity index (χ2n) is 9.03. The molecule has 1 heterocycles. The number of aryl methyl sites for hydroxylation is 2. The Bertz CT molecular complexity index is 996. The van der Waals surface area contributed by atoms with Gasteiger partial charge in [0.1, 0.15) is 6.04 Å². The van der Waals surface area contributed by atoms with Crippen LogP contribution in [0.4, 0.5) is 0 Å². The van der Waals surface area contributed by atoms with Crippen molar-refractivity contribution < 1.29 is 14.4 Å². The van der Waals surface area contributed by atoms with Crippen LogP contribution in [-0.2, 0) is 4.79 Å². The van der Waals surface area contributed by atoms with E-state index in [9.17, 15) is 14.4 Å². The van der Waals surface area contributed by atoms with Crippen LogP contribution < -0.4 is 10.6 Å². The summed E-state index contributed by atoms with van der Waals surface area (Å²) in [5, 5.41) is 6.04. The summed E-state index contributed by atoms with van der Waals surface area (Å²) in [5.74, 6) is -0.412. The van der Waals surface area contributed by atoms with E-state index in [4.69, 9.17) is 0 Å². The maximum absolute atomic E-state index is 13.1. The summed E-state index contributed by atoms with van der Waals surface area (Å²) in [5.41, 5.74) is 3.12. The largest absolute Gasteiger partial charge is 0.352 e. The Labute approximate surface area is 196 Å². The Morgan fingerprint density at radius 2 is 1.45 bits per heavy atom. The zero-order valence-corrected chi connectivity index (χ0v) is 20.1. The maximum atomic E-state index is 13.1. The van der Waals surface area contributed by atoms with E-state index in [2.05, 4.69) is 10.6 Å². The van der Waals surface area contributed by atoms with Crippen molar-refractivity contribution in [3.63, 3.8) is 0 Å². The molecule has 2 N–H and O–H groups in total. The predicted molar refractivity (Wildman–Crippen MR) is 130 cm³/mol. The third-order valence-electron chi connectivity index (χ3n) is 6.63. The van der Waals surface area contributed by atoms with Gasteiger partial charge in [-0.1, -0.05) is 43.3 Å². The minimum atomic E-state index is -0.637. The number of nitrogens with zero attached hydrogens (tertiary/aromatic N) is 1. The first-order valence-corrected chi connectivity index (χ1v) is 11.8. The van der Waals surface area contributed by atoms with E-state index in [1.165, 1.54) is 0 Å². The van der Waals surface area contributed by atoms with Crippen LogP contribution in [-0.4, -0.2) is 47.8 Å². The average Bonchev–Trinajstić information content (AvgIpc) is 2.82. The highest BCUT2D eigenvalue weighted by molar-refractivity contribution is 5.99. The van der Waals surface area contributed by atoms with E-state index in [-0.39, 0.29) is 29.7 Å². The Morgan fingerprint density at radius 3 is 2.00 bits per heavy atom. The third-order valence-corrected chi connectivity index (χ3v) is 6.63. The van der Waals surface area contributed by atoms with Crippen molar-refractivity contribution in [3.8, 4) is 0 Å². The first-order chi connectivity index (χ1) is 15.8. The molecule has 2 aromatic carbocycles. The fourth-order valence-electron chi connectivity index (χ4n) is 4.30. The van der Waals surface area contributed by atoms with Crippen molar-refractivity contribution in [1.29, 1.82) is 0 Å². The van der Waals surface area contributed by atoms with Crippen LogP contribution in [0.5, 0.6) is 0 Å². The van der Waals surface area contributed by atoms with Crippen molar-refractivity contribution in [2.75, 3.05) is 13.1 Å². The monoisotopic (exact) mass is 449 g/mol. The summed E-state index contributed by atoms with van der Waals surface area (Å²) in [7, 11) is 0. The zero-order chi connectivity index (χ0) is 24.0. The molecule has 33 heavy (non-hydrogen) atoms. The SMILES string of the molecule is CC[C@@H](C)NC(=O)[C@H](NC(=O)c1ccccc1C)C1CCN(C(=O)c2ccccc2C)CC1. The van der Waals surface area contributed by atoms with Gasteiger partial charge in [0.05, 0.1) is 0 Å². The number of hydrogen-bond donors (Lipinski definition) is 2. The van der Waals surface area contributed by atoms with E-state index in [0.29, 0.717) is 31.5 Å². The van der Waals surface area contributed by atoms with Crippen molar-refractivity contribution in [2.45, 2.75) is 59.0 Å². The zero-order valence-electron chi connectivity index (χ0n) is 20.1. The number of nitrogens with one attached hydrogen (secondary N) is 2. The highest BCUT2D eigenvalue weighted by Gasteiger charge is 2.34. The molecule has 3 rings (SSSR count). The fraction of sp³-hybridized carbons (Fsp3) is 0.444. The molecule has 0 unspecified atom stereocenters. The van der Waals surface area contributed by atoms with Crippen LogP contribution in [0.15, 0.2) is 48.5 Å². The van der Waals surface area contributed by atoms with Crippen molar-refractivity contribution >= 4 is 17.7 Å². The molecule has 1 saturated heterocycles. The van der Waals surface area contributed by atoms with Crippen LogP contribution >= 0.6 is 0 Å². The van der Waals surface area contributed by atoms with Crippen molar-refractivity contribution in [1.82, 2.24) is 15.5 Å². The van der Waals surface area contributed by atoms with E-state index in [1.807, 2.05) is 75.1 Å². The summed E-state index contributed by atoms with van der Waals surface area (Å²) in [4.78, 5) is 41.0. The van der Waals surface area contributed by atoms with Gasteiger partial charge < -0.3 is 15.5 Å². The maximum Gasteiger partial charge on any atom is 0.254 e. The van der Waals surface area contributed by atoms with Gasteiger partial charge in [-0.3, -0.25) is 14.4 Å². The van der Waals surface area contributed by atoms with Crippen molar-refractivity contribution in [3.05, 3.63) is 70.8 Å². The molecule has 0 aliphatic carbocycles. The lowest BCUT2D eigenvalue weighted by Gasteiger charge is -2.36. The standard InChI is InChI=1S/C27H35N3O3/c1-5-20(4)28-26(32)24(29-25(31)22-12-8-6-10-18(22)2)21-14-16-30(17-15-21)27(33)23-13-9-7-11-19(23)3/h6-13,20-21,24H,5,14-17H2,1-4H3,(H,28,32)(H,29,31)/t20-,24-/m1/s1. The van der Waals surface area contributed by atoms with Crippen LogP contribution in [0.2, 0.25) is 0 Å². The van der Waals surface area contributed by atoms with Gasteiger partial charge in [0, 0.05) is 30.3 Å². The predicted octanol–water partition coefficient (Wildman–Crippen LogP) is 3.87. The highest BCUT2D eigenvalue weighted by Crippen LogP contribution is 2.24. The van der Waals surface area contributed by atoms with Gasteiger partial charge in [-0.05, 0) is 69.2 Å². The molecule has 176 valence electrons. The van der Waals surface area contributed by atoms with E-state index in [0.717, 1.165) is 23.1 Å². The number of benzene rings is 2. The first kappa shape index (κ1) is 24.5. The average molecular weight is 450 g/mol. The number of likely N-dealkylation sites (tertiary alicyclic amines) is 1. The van der Waals surface area contributed by atoms with Gasteiger partial charge in [-0.2, -0.15) is 0 Å². The number of carbonyl (C=O) groups excluding carboxylic acids is 3. The fourth-order valence-corrected chi connectivity index (χ4v) is 4.30. The van der Waals surface area contributed by atoms with E-state index < -0.39 is 6.04 Å². The van der Waals surface area contributed by atoms with Gasteiger partial charge in [0.15, 0.2) is 0 Å². The molecule has 1 aliphatic rings. The first-order valence-electron chi connectivity index (χ1n) is 11.8. The van der Waals surface area contributed by atoms with Crippen LogP contribution in [0.3, 0.4) is 0 Å². The molecule has 1 aliphatic heterocycles. The summed E-state index contributed by atoms with van der Waals surface area (Å²) in [6.07, 6.45) is 2.13. The summed E-state index contributed by atoms with van der Waals surface area (Å²) in [6.45, 7) is 8.93. The minimum absolute atomic E-state index is 0.0242. The Morgan fingerprint density at radius 1 is 0.909 bits per heavy atom. The molecule has 0 saturated carbocycles. The second-order valence-corrected chi connectivity index (χ2v) is 9.03. The molecule has 0 aromatic heterocycles. The van der Waals surface area contributed by atoms with Crippen LogP contribution in [0, 0.1) is 19.8 Å². The quantitative estimate of drug-likeness (QED) is 0.674. The molecule has 0 spiro atoms. The number of amides is 3. The molecule has 2 aromatic rings. The molecule has 0 radical (unpaired) electrons. The minimum Gasteiger partial charge on any atom is -0.352 e. The lowest BCUT2D eigenvalue weighted by Crippen LogP contribution is -2.55. The van der Waals surface area contributed by atoms with E-state index >= 15 is 0 Å². The number of rotatable bonds is 7. The highest BCUT2D eigenvalue weighted by atomic mass is 16.2. The molecular formula is C27H35N3O3. The molecular weight excluding hydrogens is 414 g/mol. The van der Waals surface area contributed by atoms with Gasteiger partial charge >= 0.3 is 0 Å². The molecule has 1 fully saturated rings. The van der Waals surface area contributed by atoms with Crippen LogP contribution in [0.1, 0.15) is 65.0 Å². The van der Waals surface area contributed by atoms with Gasteiger partial charge in [0.25, 0.3) is 11.8 Å². The number of carbonyl (C=O) groups is 3. The Hall–Kier alpha value is -3.15. The van der Waals surface area contributed by atoms with Gasteiger partial charge in [-0.25, -0.2) is 0 Å². The smallest absolute Gasteiger partial charge is 0.254 e. The summed E-state index contributed by atoms with van der Waals surface area (Å²) >= 11 is 0. The molecule has 6 heteroatoms. The normalized spacial score (nSPS) is 16.1.